The van der Waals surface area contributed by atoms with Gasteiger partial charge in [0.2, 0.25) is 0 Å². The average Bonchev–Trinajstić information content (AvgIpc) is 3.36. The number of aromatic nitrogens is 6. The van der Waals surface area contributed by atoms with Crippen LogP contribution in [0.2, 0.25) is 0 Å². The normalized spacial score (nSPS) is 10.7. The van der Waals surface area contributed by atoms with Crippen molar-refractivity contribution in [3.8, 4) is 22.6 Å². The first-order valence-corrected chi connectivity index (χ1v) is 8.10. The van der Waals surface area contributed by atoms with Crippen LogP contribution in [0.25, 0.3) is 22.6 Å². The molecule has 3 heterocycles. The first-order chi connectivity index (χ1) is 13.2. The van der Waals surface area contributed by atoms with E-state index in [-0.39, 0.29) is 12.5 Å². The summed E-state index contributed by atoms with van der Waals surface area (Å²) in [5, 5.41) is 16.3. The molecule has 0 saturated carbocycles. The van der Waals surface area contributed by atoms with Gasteiger partial charge in [-0.3, -0.25) is 20.0 Å². The second-order valence-electron chi connectivity index (χ2n) is 5.69. The first-order valence-electron chi connectivity index (χ1n) is 8.10. The minimum Gasteiger partial charge on any atom is -0.345 e. The lowest BCUT2D eigenvalue weighted by Gasteiger charge is -2.04. The minimum absolute atomic E-state index is 0.157. The van der Waals surface area contributed by atoms with E-state index in [2.05, 4.69) is 35.7 Å². The van der Waals surface area contributed by atoms with Crippen LogP contribution in [0.3, 0.4) is 0 Å². The van der Waals surface area contributed by atoms with Crippen LogP contribution < -0.4 is 5.32 Å². The molecule has 1 amide bonds. The molecular formula is C18H14FN7O. The van der Waals surface area contributed by atoms with Crippen LogP contribution in [0, 0.1) is 5.82 Å². The summed E-state index contributed by atoms with van der Waals surface area (Å²) in [5.74, 6) is 0.278. The van der Waals surface area contributed by atoms with Crippen molar-refractivity contribution in [1.82, 2.24) is 35.7 Å². The van der Waals surface area contributed by atoms with E-state index in [1.807, 2.05) is 0 Å². The van der Waals surface area contributed by atoms with Gasteiger partial charge < -0.3 is 5.32 Å². The van der Waals surface area contributed by atoms with E-state index in [1.54, 1.807) is 36.7 Å². The van der Waals surface area contributed by atoms with E-state index >= 15 is 0 Å². The lowest BCUT2D eigenvalue weighted by atomic mass is 10.1. The number of halogens is 1. The molecule has 9 heteroatoms. The molecule has 0 aliphatic rings. The summed E-state index contributed by atoms with van der Waals surface area (Å²) < 4.78 is 13.4. The molecule has 0 fully saturated rings. The van der Waals surface area contributed by atoms with Gasteiger partial charge in [0.1, 0.15) is 11.6 Å². The Hall–Kier alpha value is -3.88. The van der Waals surface area contributed by atoms with E-state index in [1.165, 1.54) is 18.3 Å². The van der Waals surface area contributed by atoms with Crippen LogP contribution in [0.1, 0.15) is 16.2 Å². The number of nitrogens with zero attached hydrogens (tertiary/aromatic N) is 4. The fraction of sp³-hybridized carbons (Fsp3) is 0.0556. The van der Waals surface area contributed by atoms with Gasteiger partial charge in [0.15, 0.2) is 5.82 Å². The predicted octanol–water partition coefficient (Wildman–Crippen LogP) is 2.33. The van der Waals surface area contributed by atoms with Crippen molar-refractivity contribution in [3.63, 3.8) is 0 Å². The Morgan fingerprint density at radius 2 is 1.96 bits per heavy atom. The van der Waals surface area contributed by atoms with Crippen molar-refractivity contribution in [3.05, 3.63) is 72.2 Å². The largest absolute Gasteiger partial charge is 0.345 e. The van der Waals surface area contributed by atoms with Crippen LogP contribution in [-0.4, -0.2) is 36.3 Å². The van der Waals surface area contributed by atoms with Crippen molar-refractivity contribution >= 4 is 5.91 Å². The maximum atomic E-state index is 13.4. The van der Waals surface area contributed by atoms with E-state index in [0.29, 0.717) is 28.5 Å². The van der Waals surface area contributed by atoms with E-state index in [9.17, 15) is 9.18 Å². The standard InChI is InChI=1S/C18H14FN7O/c19-13-3-1-2-12(8-13)16-14(9-22-25-16)18(27)21-10-15-23-17(26-24-15)11-4-6-20-7-5-11/h1-9H,10H2,(H,21,27)(H,22,25)(H,23,24,26). The molecule has 0 atom stereocenters. The van der Waals surface area contributed by atoms with E-state index < -0.39 is 5.82 Å². The number of aromatic amines is 2. The number of pyridine rings is 1. The third-order valence-corrected chi connectivity index (χ3v) is 3.88. The highest BCUT2D eigenvalue weighted by Crippen LogP contribution is 2.21. The highest BCUT2D eigenvalue weighted by molar-refractivity contribution is 5.99. The summed E-state index contributed by atoms with van der Waals surface area (Å²) in [7, 11) is 0. The molecule has 0 aliphatic carbocycles. The number of carbonyl (C=O) groups is 1. The van der Waals surface area contributed by atoms with Crippen LogP contribution in [0.5, 0.6) is 0 Å². The quantitative estimate of drug-likeness (QED) is 0.504. The highest BCUT2D eigenvalue weighted by atomic mass is 19.1. The van der Waals surface area contributed by atoms with Crippen molar-refractivity contribution in [2.45, 2.75) is 6.54 Å². The Bertz CT molecular complexity index is 1070. The van der Waals surface area contributed by atoms with Crippen molar-refractivity contribution in [1.29, 1.82) is 0 Å². The van der Waals surface area contributed by atoms with Crippen molar-refractivity contribution < 1.29 is 9.18 Å². The topological polar surface area (TPSA) is 112 Å². The number of rotatable bonds is 5. The van der Waals surface area contributed by atoms with Crippen molar-refractivity contribution in [2.75, 3.05) is 0 Å². The molecule has 0 radical (unpaired) electrons. The third kappa shape index (κ3) is 3.56. The van der Waals surface area contributed by atoms with E-state index in [4.69, 9.17) is 0 Å². The lowest BCUT2D eigenvalue weighted by Crippen LogP contribution is -2.23. The molecule has 8 nitrogen and oxygen atoms in total. The van der Waals surface area contributed by atoms with E-state index in [0.717, 1.165) is 5.56 Å². The maximum absolute atomic E-state index is 13.4. The fourth-order valence-electron chi connectivity index (χ4n) is 2.59. The molecular weight excluding hydrogens is 349 g/mol. The number of nitrogens with one attached hydrogen (secondary N) is 3. The SMILES string of the molecule is O=C(NCc1nc(-c2ccncc2)n[nH]1)c1cn[nH]c1-c1cccc(F)c1. The Morgan fingerprint density at radius 3 is 2.78 bits per heavy atom. The smallest absolute Gasteiger partial charge is 0.255 e. The van der Waals surface area contributed by atoms with Gasteiger partial charge in [0.25, 0.3) is 5.91 Å². The number of carbonyl (C=O) groups excluding carboxylic acids is 1. The Balaban J connectivity index is 1.47. The van der Waals surface area contributed by atoms with Gasteiger partial charge in [0.05, 0.1) is 24.0 Å². The molecule has 1 aromatic carbocycles. The molecule has 0 aliphatic heterocycles. The fourth-order valence-corrected chi connectivity index (χ4v) is 2.59. The Morgan fingerprint density at radius 1 is 1.11 bits per heavy atom. The van der Waals surface area contributed by atoms with Gasteiger partial charge in [-0.05, 0) is 24.3 Å². The maximum Gasteiger partial charge on any atom is 0.255 e. The second kappa shape index (κ2) is 7.16. The van der Waals surface area contributed by atoms with Gasteiger partial charge in [-0.2, -0.15) is 10.2 Å². The molecule has 3 N–H and O–H groups in total. The Labute approximate surface area is 152 Å². The molecule has 0 saturated heterocycles. The van der Waals surface area contributed by atoms with Gasteiger partial charge in [-0.1, -0.05) is 12.1 Å². The summed E-state index contributed by atoms with van der Waals surface area (Å²) in [6.45, 7) is 0.157. The summed E-state index contributed by atoms with van der Waals surface area (Å²) in [5.41, 5.74) is 2.12. The van der Waals surface area contributed by atoms with Gasteiger partial charge in [0, 0.05) is 23.5 Å². The summed E-state index contributed by atoms with van der Waals surface area (Å²) in [4.78, 5) is 20.8. The van der Waals surface area contributed by atoms with Gasteiger partial charge >= 0.3 is 0 Å². The summed E-state index contributed by atoms with van der Waals surface area (Å²) in [6.07, 6.45) is 4.71. The number of hydrogen-bond donors (Lipinski definition) is 3. The van der Waals surface area contributed by atoms with Crippen LogP contribution in [0.15, 0.2) is 55.0 Å². The number of hydrogen-bond acceptors (Lipinski definition) is 5. The number of amides is 1. The molecule has 134 valence electrons. The second-order valence-corrected chi connectivity index (χ2v) is 5.69. The van der Waals surface area contributed by atoms with Gasteiger partial charge in [-0.15, -0.1) is 0 Å². The zero-order valence-corrected chi connectivity index (χ0v) is 14.0. The molecule has 3 aromatic heterocycles. The third-order valence-electron chi connectivity index (χ3n) is 3.88. The van der Waals surface area contributed by atoms with Gasteiger partial charge in [-0.25, -0.2) is 9.37 Å². The monoisotopic (exact) mass is 363 g/mol. The molecule has 4 aromatic rings. The minimum atomic E-state index is -0.390. The predicted molar refractivity (Wildman–Crippen MR) is 94.8 cm³/mol. The van der Waals surface area contributed by atoms with Crippen molar-refractivity contribution in [2.24, 2.45) is 0 Å². The molecule has 0 spiro atoms. The van der Waals surface area contributed by atoms with Crippen LogP contribution in [0.4, 0.5) is 4.39 Å². The summed E-state index contributed by atoms with van der Waals surface area (Å²) >= 11 is 0. The Kier molecular flexibility index (Phi) is 4.40. The zero-order valence-electron chi connectivity index (χ0n) is 14.0. The lowest BCUT2D eigenvalue weighted by molar-refractivity contribution is 0.0950. The molecule has 0 bridgehead atoms. The molecule has 27 heavy (non-hydrogen) atoms. The number of benzene rings is 1. The molecule has 0 unspecified atom stereocenters. The highest BCUT2D eigenvalue weighted by Gasteiger charge is 2.16. The average molecular weight is 363 g/mol. The number of H-pyrrole nitrogens is 2. The molecule has 4 rings (SSSR count). The zero-order chi connectivity index (χ0) is 18.6. The van der Waals surface area contributed by atoms with Crippen LogP contribution >= 0.6 is 0 Å². The summed E-state index contributed by atoms with van der Waals surface area (Å²) in [6, 6.07) is 9.53. The van der Waals surface area contributed by atoms with Crippen LogP contribution in [-0.2, 0) is 6.54 Å². The first kappa shape index (κ1) is 16.6.